The molecule has 0 N–H and O–H groups in total. The van der Waals surface area contributed by atoms with Gasteiger partial charge in [0, 0.05) is 13.1 Å². The Bertz CT molecular complexity index is 1780. The molecule has 0 fully saturated rings. The molecule has 0 aromatic carbocycles. The van der Waals surface area contributed by atoms with E-state index in [1.807, 2.05) is 84.9 Å². The highest BCUT2D eigenvalue weighted by molar-refractivity contribution is 9.10. The van der Waals surface area contributed by atoms with Crippen LogP contribution in [-0.4, -0.2) is 41.3 Å². The van der Waals surface area contributed by atoms with Crippen LogP contribution in [0.25, 0.3) is 45.6 Å². The Balaban J connectivity index is 1.21. The minimum absolute atomic E-state index is 0.703. The van der Waals surface area contributed by atoms with E-state index >= 15 is 0 Å². The second-order valence-corrected chi connectivity index (χ2v) is 12.2. The summed E-state index contributed by atoms with van der Waals surface area (Å²) < 4.78 is 1.56. The van der Waals surface area contributed by atoms with Crippen LogP contribution in [0.1, 0.15) is 31.2 Å². The third-order valence-corrected chi connectivity index (χ3v) is 8.07. The molecule has 0 unspecified atom stereocenters. The zero-order valence-corrected chi connectivity index (χ0v) is 28.0. The molecule has 0 aliphatic carbocycles. The predicted octanol–water partition coefficient (Wildman–Crippen LogP) is 9.05. The van der Waals surface area contributed by atoms with Crippen LogP contribution in [0.2, 0.25) is 0 Å². The number of pyridine rings is 6. The summed E-state index contributed by atoms with van der Waals surface area (Å²) in [5.74, 6) is 0. The van der Waals surface area contributed by atoms with Crippen molar-refractivity contribution in [3.05, 3.63) is 130 Å². The molecular weight excluding hydrogens is 690 g/mol. The standard InChI is InChI=1S/C36H31Br2N7/c1-2-3-22-45(23-25-10-4-12-27(39-25)29-14-6-16-31(41-29)33-18-8-20-35(37)43-33)24-26-11-5-13-28(40-26)30-15-7-17-32(42-30)34-19-9-21-36(38)44-34/h4-21H,2-3,22-24H2,1H3. The lowest BCUT2D eigenvalue weighted by Crippen LogP contribution is -2.25. The third kappa shape index (κ3) is 8.11. The zero-order chi connectivity index (χ0) is 31.0. The molecule has 45 heavy (non-hydrogen) atoms. The molecule has 0 spiro atoms. The Morgan fingerprint density at radius 3 is 1.16 bits per heavy atom. The number of halogens is 2. The van der Waals surface area contributed by atoms with Gasteiger partial charge in [0.15, 0.2) is 0 Å². The highest BCUT2D eigenvalue weighted by atomic mass is 79.9. The van der Waals surface area contributed by atoms with E-state index in [1.165, 1.54) is 0 Å². The molecule has 0 saturated heterocycles. The topological polar surface area (TPSA) is 80.6 Å². The summed E-state index contributed by atoms with van der Waals surface area (Å²) in [6, 6.07) is 35.9. The number of unbranched alkanes of at least 4 members (excludes halogenated alkanes) is 1. The van der Waals surface area contributed by atoms with Crippen molar-refractivity contribution in [2.24, 2.45) is 0 Å². The fourth-order valence-corrected chi connectivity index (χ4v) is 5.70. The van der Waals surface area contributed by atoms with E-state index in [0.717, 1.165) is 85.5 Å². The Kier molecular flexibility index (Phi) is 10.1. The van der Waals surface area contributed by atoms with Crippen LogP contribution < -0.4 is 0 Å². The summed E-state index contributed by atoms with van der Waals surface area (Å²) >= 11 is 6.92. The van der Waals surface area contributed by atoms with Gasteiger partial charge in [-0.25, -0.2) is 29.9 Å². The molecule has 0 saturated carbocycles. The van der Waals surface area contributed by atoms with Gasteiger partial charge in [0.05, 0.1) is 56.9 Å². The second-order valence-electron chi connectivity index (χ2n) is 10.6. The normalized spacial score (nSPS) is 11.2. The highest BCUT2D eigenvalue weighted by Gasteiger charge is 2.13. The van der Waals surface area contributed by atoms with Crippen molar-refractivity contribution in [3.8, 4) is 45.6 Å². The maximum atomic E-state index is 5.02. The van der Waals surface area contributed by atoms with Crippen LogP contribution in [0.3, 0.4) is 0 Å². The van der Waals surface area contributed by atoms with Crippen molar-refractivity contribution in [2.45, 2.75) is 32.9 Å². The Labute approximate surface area is 280 Å². The minimum Gasteiger partial charge on any atom is -0.292 e. The number of rotatable bonds is 11. The number of hydrogen-bond acceptors (Lipinski definition) is 7. The average molecular weight is 722 g/mol. The van der Waals surface area contributed by atoms with E-state index in [2.05, 4.69) is 77.9 Å². The van der Waals surface area contributed by atoms with Crippen molar-refractivity contribution in [1.29, 1.82) is 0 Å². The lowest BCUT2D eigenvalue weighted by Gasteiger charge is -2.22. The summed E-state index contributed by atoms with van der Waals surface area (Å²) in [6.07, 6.45) is 2.20. The molecular formula is C36H31Br2N7. The van der Waals surface area contributed by atoms with Crippen molar-refractivity contribution in [1.82, 2.24) is 34.8 Å². The summed E-state index contributed by atoms with van der Waals surface area (Å²) in [5.41, 5.74) is 8.54. The van der Waals surface area contributed by atoms with Crippen LogP contribution >= 0.6 is 31.9 Å². The second kappa shape index (κ2) is 14.7. The first kappa shape index (κ1) is 30.8. The van der Waals surface area contributed by atoms with Gasteiger partial charge in [-0.1, -0.05) is 49.7 Å². The average Bonchev–Trinajstić information content (AvgIpc) is 3.07. The molecule has 6 heterocycles. The van der Waals surface area contributed by atoms with E-state index in [9.17, 15) is 0 Å². The van der Waals surface area contributed by atoms with Crippen LogP contribution in [0.4, 0.5) is 0 Å². The lowest BCUT2D eigenvalue weighted by molar-refractivity contribution is 0.247. The van der Waals surface area contributed by atoms with Crippen molar-refractivity contribution >= 4 is 31.9 Å². The molecule has 6 aromatic heterocycles. The van der Waals surface area contributed by atoms with Crippen molar-refractivity contribution < 1.29 is 0 Å². The molecule has 0 aliphatic heterocycles. The SMILES string of the molecule is CCCCN(Cc1cccc(-c2cccc(-c3cccc(Br)n3)n2)n1)Cc1cccc(-c2cccc(-c3cccc(Br)n3)n2)n1. The minimum atomic E-state index is 0.703. The van der Waals surface area contributed by atoms with E-state index in [0.29, 0.717) is 13.1 Å². The van der Waals surface area contributed by atoms with Gasteiger partial charge in [-0.15, -0.1) is 0 Å². The largest absolute Gasteiger partial charge is 0.292 e. The first-order chi connectivity index (χ1) is 22.0. The molecule has 0 aliphatic rings. The summed E-state index contributed by atoms with van der Waals surface area (Å²) in [7, 11) is 0. The molecule has 6 aromatic rings. The quantitative estimate of drug-likeness (QED) is 0.124. The maximum Gasteiger partial charge on any atom is 0.106 e. The smallest absolute Gasteiger partial charge is 0.106 e. The van der Waals surface area contributed by atoms with Gasteiger partial charge in [0.25, 0.3) is 0 Å². The Morgan fingerprint density at radius 1 is 0.444 bits per heavy atom. The fourth-order valence-electron chi connectivity index (χ4n) is 5.02. The van der Waals surface area contributed by atoms with E-state index in [1.54, 1.807) is 0 Å². The first-order valence-corrected chi connectivity index (χ1v) is 16.5. The molecule has 6 rings (SSSR count). The van der Waals surface area contributed by atoms with Gasteiger partial charge in [-0.05, 0) is 118 Å². The maximum absolute atomic E-state index is 5.02. The monoisotopic (exact) mass is 719 g/mol. The molecule has 0 radical (unpaired) electrons. The zero-order valence-electron chi connectivity index (χ0n) is 24.8. The summed E-state index contributed by atoms with van der Waals surface area (Å²) in [5, 5.41) is 0. The number of nitrogens with zero attached hydrogens (tertiary/aromatic N) is 7. The van der Waals surface area contributed by atoms with E-state index < -0.39 is 0 Å². The molecule has 0 bridgehead atoms. The van der Waals surface area contributed by atoms with Crippen LogP contribution in [0.15, 0.2) is 118 Å². The van der Waals surface area contributed by atoms with Gasteiger partial charge in [0.1, 0.15) is 9.21 Å². The molecule has 9 heteroatoms. The van der Waals surface area contributed by atoms with Gasteiger partial charge < -0.3 is 0 Å². The van der Waals surface area contributed by atoms with Crippen LogP contribution in [0.5, 0.6) is 0 Å². The molecule has 224 valence electrons. The fraction of sp³-hybridized carbons (Fsp3) is 0.167. The Morgan fingerprint density at radius 2 is 0.778 bits per heavy atom. The highest BCUT2D eigenvalue weighted by Crippen LogP contribution is 2.24. The van der Waals surface area contributed by atoms with Gasteiger partial charge in [-0.3, -0.25) is 4.90 Å². The van der Waals surface area contributed by atoms with E-state index in [-0.39, 0.29) is 0 Å². The van der Waals surface area contributed by atoms with Gasteiger partial charge in [0.2, 0.25) is 0 Å². The summed E-state index contributed by atoms with van der Waals surface area (Å²) in [6.45, 7) is 4.57. The van der Waals surface area contributed by atoms with Crippen molar-refractivity contribution in [3.63, 3.8) is 0 Å². The Hall–Kier alpha value is -4.18. The third-order valence-electron chi connectivity index (χ3n) is 7.19. The first-order valence-electron chi connectivity index (χ1n) is 14.9. The molecule has 0 amide bonds. The molecule has 7 nitrogen and oxygen atoms in total. The van der Waals surface area contributed by atoms with Gasteiger partial charge in [-0.2, -0.15) is 0 Å². The van der Waals surface area contributed by atoms with Crippen LogP contribution in [-0.2, 0) is 13.1 Å². The predicted molar refractivity (Wildman–Crippen MR) is 186 cm³/mol. The summed E-state index contributed by atoms with van der Waals surface area (Å²) in [4.78, 5) is 31.3. The van der Waals surface area contributed by atoms with E-state index in [4.69, 9.17) is 19.9 Å². The number of hydrogen-bond donors (Lipinski definition) is 0. The van der Waals surface area contributed by atoms with Gasteiger partial charge >= 0.3 is 0 Å². The number of aromatic nitrogens is 6. The lowest BCUT2D eigenvalue weighted by atomic mass is 10.1. The van der Waals surface area contributed by atoms with Crippen LogP contribution in [0, 0.1) is 0 Å². The van der Waals surface area contributed by atoms with Crippen molar-refractivity contribution in [2.75, 3.05) is 6.54 Å². The molecule has 0 atom stereocenters.